The zero-order chi connectivity index (χ0) is 22.8. The number of piperidine rings is 1. The van der Waals surface area contributed by atoms with Gasteiger partial charge >= 0.3 is 5.97 Å². The molecule has 6 nitrogen and oxygen atoms in total. The van der Waals surface area contributed by atoms with E-state index in [1.807, 2.05) is 12.1 Å². The number of pyridine rings is 1. The number of likely N-dealkylation sites (tertiary alicyclic amines) is 1. The molecule has 1 N–H and O–H groups in total. The number of fused-ring (bicyclic) bond motifs is 1. The van der Waals surface area contributed by atoms with Crippen molar-refractivity contribution in [3.8, 4) is 16.9 Å². The summed E-state index contributed by atoms with van der Waals surface area (Å²) in [4.78, 5) is 30.0. The number of ether oxygens (including phenoxy) is 1. The van der Waals surface area contributed by atoms with E-state index in [0.717, 1.165) is 10.9 Å². The molecule has 8 heteroatoms. The zero-order valence-electron chi connectivity index (χ0n) is 17.4. The van der Waals surface area contributed by atoms with Crippen LogP contribution < -0.4 is 4.74 Å². The highest BCUT2D eigenvalue weighted by Crippen LogP contribution is 2.34. The Morgan fingerprint density at radius 1 is 1.22 bits per heavy atom. The van der Waals surface area contributed by atoms with Gasteiger partial charge in [0.25, 0.3) is 5.91 Å². The Labute approximate surface area is 189 Å². The van der Waals surface area contributed by atoms with E-state index in [0.29, 0.717) is 41.2 Å². The Bertz CT molecular complexity index is 1190. The average Bonchev–Trinajstić information content (AvgIpc) is 2.78. The van der Waals surface area contributed by atoms with E-state index in [1.54, 1.807) is 36.2 Å². The minimum Gasteiger partial charge on any atom is -0.481 e. The van der Waals surface area contributed by atoms with E-state index in [1.165, 1.54) is 12.1 Å². The molecule has 2 atom stereocenters. The van der Waals surface area contributed by atoms with Crippen LogP contribution in [0.25, 0.3) is 22.0 Å². The predicted molar refractivity (Wildman–Crippen MR) is 119 cm³/mol. The number of carboxylic acid groups (broad SMARTS) is 1. The van der Waals surface area contributed by atoms with Crippen molar-refractivity contribution in [2.75, 3.05) is 13.1 Å². The van der Waals surface area contributed by atoms with Crippen LogP contribution in [-0.4, -0.2) is 46.1 Å². The van der Waals surface area contributed by atoms with Crippen LogP contribution in [0.3, 0.4) is 0 Å². The van der Waals surface area contributed by atoms with Crippen molar-refractivity contribution >= 4 is 34.4 Å². The molecule has 0 radical (unpaired) electrons. The number of aromatic nitrogens is 1. The Kier molecular flexibility index (Phi) is 6.28. The van der Waals surface area contributed by atoms with Crippen LogP contribution in [0.1, 0.15) is 19.8 Å². The Hall–Kier alpha value is -3.19. The molecule has 0 aliphatic carbocycles. The van der Waals surface area contributed by atoms with Crippen LogP contribution in [0.15, 0.2) is 48.7 Å². The molecule has 1 aromatic heterocycles. The number of carboxylic acids is 1. The first-order chi connectivity index (χ1) is 15.3. The highest BCUT2D eigenvalue weighted by Gasteiger charge is 2.31. The van der Waals surface area contributed by atoms with Gasteiger partial charge in [-0.2, -0.15) is 0 Å². The molecule has 32 heavy (non-hydrogen) atoms. The smallest absolute Gasteiger partial charge is 0.308 e. The summed E-state index contributed by atoms with van der Waals surface area (Å²) in [5, 5.41) is 10.4. The van der Waals surface area contributed by atoms with Crippen molar-refractivity contribution < 1.29 is 23.8 Å². The first-order valence-electron chi connectivity index (χ1n) is 10.4. The summed E-state index contributed by atoms with van der Waals surface area (Å²) in [6, 6.07) is 11.4. The molecular weight excluding hydrogens is 435 g/mol. The third-order valence-electron chi connectivity index (χ3n) is 5.68. The largest absolute Gasteiger partial charge is 0.481 e. The standard InChI is InChI=1S/C24H22ClFN2O4/c1-14(23(29)28-10-2-3-15(13-28)24(30)31)32-17-5-7-20-18(8-9-27-22(20)12-17)19-6-4-16(26)11-21(19)25/h4-9,11-12,14-15H,2-3,10,13H2,1H3,(H,30,31)/t14-,15+/m1/s1. The molecule has 1 amide bonds. The Morgan fingerprint density at radius 3 is 2.78 bits per heavy atom. The third kappa shape index (κ3) is 4.53. The van der Waals surface area contributed by atoms with E-state index in [-0.39, 0.29) is 12.5 Å². The normalized spacial score (nSPS) is 17.2. The number of aliphatic carboxylic acids is 1. The lowest BCUT2D eigenvalue weighted by molar-refractivity contribution is -0.147. The van der Waals surface area contributed by atoms with Gasteiger partial charge in [-0.1, -0.05) is 11.6 Å². The summed E-state index contributed by atoms with van der Waals surface area (Å²) in [6.45, 7) is 2.37. The van der Waals surface area contributed by atoms with Gasteiger partial charge in [0.2, 0.25) is 0 Å². The van der Waals surface area contributed by atoms with E-state index < -0.39 is 23.8 Å². The highest BCUT2D eigenvalue weighted by atomic mass is 35.5. The van der Waals surface area contributed by atoms with E-state index in [2.05, 4.69) is 4.98 Å². The molecule has 0 unspecified atom stereocenters. The number of amides is 1. The second-order valence-electron chi connectivity index (χ2n) is 7.88. The first-order valence-corrected chi connectivity index (χ1v) is 10.7. The van der Waals surface area contributed by atoms with E-state index in [4.69, 9.17) is 16.3 Å². The molecule has 1 saturated heterocycles. The molecule has 0 saturated carbocycles. The molecule has 1 aliphatic heterocycles. The SMILES string of the molecule is C[C@@H](Oc1ccc2c(-c3ccc(F)cc3Cl)ccnc2c1)C(=O)N1CCC[C@H](C(=O)O)C1. The summed E-state index contributed by atoms with van der Waals surface area (Å²) in [7, 11) is 0. The molecule has 2 aromatic carbocycles. The number of halogens is 2. The molecule has 4 rings (SSSR count). The second-order valence-corrected chi connectivity index (χ2v) is 8.29. The molecule has 1 aliphatic rings. The van der Waals surface area contributed by atoms with Crippen LogP contribution in [0.4, 0.5) is 4.39 Å². The van der Waals surface area contributed by atoms with Gasteiger partial charge in [0.15, 0.2) is 6.10 Å². The van der Waals surface area contributed by atoms with Gasteiger partial charge in [-0.05, 0) is 61.7 Å². The van der Waals surface area contributed by atoms with Gasteiger partial charge in [-0.25, -0.2) is 4.39 Å². The third-order valence-corrected chi connectivity index (χ3v) is 5.99. The van der Waals surface area contributed by atoms with Crippen molar-refractivity contribution in [3.05, 3.63) is 59.5 Å². The number of carbonyl (C=O) groups is 2. The Morgan fingerprint density at radius 2 is 2.03 bits per heavy atom. The summed E-state index contributed by atoms with van der Waals surface area (Å²) < 4.78 is 19.3. The maximum Gasteiger partial charge on any atom is 0.308 e. The van der Waals surface area contributed by atoms with Gasteiger partial charge in [-0.3, -0.25) is 14.6 Å². The van der Waals surface area contributed by atoms with Gasteiger partial charge in [-0.15, -0.1) is 0 Å². The summed E-state index contributed by atoms with van der Waals surface area (Å²) in [5.74, 6) is -1.60. The zero-order valence-corrected chi connectivity index (χ0v) is 18.2. The van der Waals surface area contributed by atoms with Crippen LogP contribution in [0, 0.1) is 11.7 Å². The molecule has 1 fully saturated rings. The average molecular weight is 457 g/mol. The molecule has 2 heterocycles. The van der Waals surface area contributed by atoms with Crippen LogP contribution >= 0.6 is 11.6 Å². The predicted octanol–water partition coefficient (Wildman–Crippen LogP) is 4.78. The van der Waals surface area contributed by atoms with Crippen LogP contribution in [0.5, 0.6) is 5.75 Å². The number of carbonyl (C=O) groups excluding carboxylic acids is 1. The van der Waals surface area contributed by atoms with E-state index in [9.17, 15) is 19.1 Å². The van der Waals surface area contributed by atoms with Crippen molar-refractivity contribution in [3.63, 3.8) is 0 Å². The van der Waals surface area contributed by atoms with Crippen molar-refractivity contribution in [2.45, 2.75) is 25.9 Å². The van der Waals surface area contributed by atoms with Crippen molar-refractivity contribution in [1.82, 2.24) is 9.88 Å². The maximum atomic E-state index is 13.4. The minimum atomic E-state index is -0.881. The fourth-order valence-corrected chi connectivity index (χ4v) is 4.30. The number of hydrogen-bond donors (Lipinski definition) is 1. The molecule has 0 spiro atoms. The lowest BCUT2D eigenvalue weighted by Crippen LogP contribution is -2.47. The number of hydrogen-bond acceptors (Lipinski definition) is 4. The topological polar surface area (TPSA) is 79.7 Å². The lowest BCUT2D eigenvalue weighted by atomic mass is 9.98. The molecule has 0 bridgehead atoms. The minimum absolute atomic E-state index is 0.197. The number of nitrogens with zero attached hydrogens (tertiary/aromatic N) is 2. The fourth-order valence-electron chi connectivity index (χ4n) is 4.03. The quantitative estimate of drug-likeness (QED) is 0.597. The van der Waals surface area contributed by atoms with Crippen LogP contribution in [-0.2, 0) is 9.59 Å². The van der Waals surface area contributed by atoms with Crippen molar-refractivity contribution in [2.24, 2.45) is 5.92 Å². The van der Waals surface area contributed by atoms with Crippen LogP contribution in [0.2, 0.25) is 5.02 Å². The lowest BCUT2D eigenvalue weighted by Gasteiger charge is -2.32. The van der Waals surface area contributed by atoms with Gasteiger partial charge in [0, 0.05) is 36.3 Å². The fraction of sp³-hybridized carbons (Fsp3) is 0.292. The summed E-state index contributed by atoms with van der Waals surface area (Å²) >= 11 is 6.24. The van der Waals surface area contributed by atoms with E-state index >= 15 is 0 Å². The van der Waals surface area contributed by atoms with Gasteiger partial charge in [0.05, 0.1) is 16.5 Å². The Balaban J connectivity index is 1.54. The molecular formula is C24H22ClFN2O4. The number of rotatable bonds is 5. The first kappa shape index (κ1) is 22.0. The highest BCUT2D eigenvalue weighted by molar-refractivity contribution is 6.33. The maximum absolute atomic E-state index is 13.4. The second kappa shape index (κ2) is 9.12. The summed E-state index contributed by atoms with van der Waals surface area (Å²) in [5.41, 5.74) is 2.14. The molecule has 166 valence electrons. The number of benzene rings is 2. The molecule has 3 aromatic rings. The summed E-state index contributed by atoms with van der Waals surface area (Å²) in [6.07, 6.45) is 2.10. The van der Waals surface area contributed by atoms with Gasteiger partial charge in [0.1, 0.15) is 11.6 Å². The van der Waals surface area contributed by atoms with Gasteiger partial charge < -0.3 is 14.7 Å². The van der Waals surface area contributed by atoms with Crippen molar-refractivity contribution in [1.29, 1.82) is 0 Å². The monoisotopic (exact) mass is 456 g/mol.